The van der Waals surface area contributed by atoms with E-state index in [4.69, 9.17) is 5.26 Å². The highest BCUT2D eigenvalue weighted by atomic mass is 19.1. The van der Waals surface area contributed by atoms with Gasteiger partial charge < -0.3 is 10.2 Å². The summed E-state index contributed by atoms with van der Waals surface area (Å²) in [5, 5.41) is 11.7. The van der Waals surface area contributed by atoms with E-state index < -0.39 is 5.82 Å². The standard InChI is InChI=1S/C13H16FN3O/c1-17(2)12(18)6-7-16-9-11-5-3-4-10(8-15)13(11)14/h3-5,16H,6-7,9H2,1-2H3. The van der Waals surface area contributed by atoms with Gasteiger partial charge in [-0.1, -0.05) is 12.1 Å². The van der Waals surface area contributed by atoms with Crippen LogP contribution in [0.3, 0.4) is 0 Å². The Hall–Kier alpha value is -1.93. The average Bonchev–Trinajstić information content (AvgIpc) is 2.35. The number of nitrogens with zero attached hydrogens (tertiary/aromatic N) is 2. The quantitative estimate of drug-likeness (QED) is 0.799. The van der Waals surface area contributed by atoms with Crippen LogP contribution in [-0.4, -0.2) is 31.4 Å². The van der Waals surface area contributed by atoms with Gasteiger partial charge in [-0.05, 0) is 6.07 Å². The van der Waals surface area contributed by atoms with E-state index >= 15 is 0 Å². The van der Waals surface area contributed by atoms with Crippen molar-refractivity contribution >= 4 is 5.91 Å². The van der Waals surface area contributed by atoms with Gasteiger partial charge in [-0.15, -0.1) is 0 Å². The molecule has 0 saturated carbocycles. The summed E-state index contributed by atoms with van der Waals surface area (Å²) in [6.45, 7) is 0.787. The van der Waals surface area contributed by atoms with Crippen molar-refractivity contribution in [2.45, 2.75) is 13.0 Å². The number of benzene rings is 1. The lowest BCUT2D eigenvalue weighted by molar-refractivity contribution is -0.128. The van der Waals surface area contributed by atoms with E-state index in [1.807, 2.05) is 0 Å². The van der Waals surface area contributed by atoms with Crippen LogP contribution in [0.2, 0.25) is 0 Å². The van der Waals surface area contributed by atoms with Crippen LogP contribution in [0, 0.1) is 17.1 Å². The molecule has 0 atom stereocenters. The minimum absolute atomic E-state index is 0.0220. The van der Waals surface area contributed by atoms with Crippen LogP contribution >= 0.6 is 0 Å². The van der Waals surface area contributed by atoms with Crippen molar-refractivity contribution in [3.63, 3.8) is 0 Å². The first kappa shape index (κ1) is 14.1. The van der Waals surface area contributed by atoms with E-state index in [-0.39, 0.29) is 11.5 Å². The molecule has 1 aromatic rings. The second kappa shape index (κ2) is 6.72. The Morgan fingerprint density at radius 3 is 2.83 bits per heavy atom. The predicted octanol–water partition coefficient (Wildman–Crippen LogP) is 1.27. The van der Waals surface area contributed by atoms with E-state index in [0.29, 0.717) is 25.1 Å². The predicted molar refractivity (Wildman–Crippen MR) is 66.1 cm³/mol. The van der Waals surface area contributed by atoms with Crippen LogP contribution in [-0.2, 0) is 11.3 Å². The minimum atomic E-state index is -0.494. The van der Waals surface area contributed by atoms with Crippen LogP contribution in [0.5, 0.6) is 0 Å². The van der Waals surface area contributed by atoms with Crippen LogP contribution in [0.4, 0.5) is 4.39 Å². The number of halogens is 1. The maximum Gasteiger partial charge on any atom is 0.223 e. The summed E-state index contributed by atoms with van der Waals surface area (Å²) in [6.07, 6.45) is 0.368. The first-order chi connectivity index (χ1) is 8.56. The molecule has 1 amide bonds. The number of hydrogen-bond acceptors (Lipinski definition) is 3. The van der Waals surface area contributed by atoms with E-state index in [1.54, 1.807) is 32.3 Å². The zero-order valence-electron chi connectivity index (χ0n) is 10.5. The second-order valence-corrected chi connectivity index (χ2v) is 4.11. The molecular weight excluding hydrogens is 233 g/mol. The smallest absolute Gasteiger partial charge is 0.223 e. The van der Waals surface area contributed by atoms with Gasteiger partial charge in [-0.25, -0.2) is 4.39 Å². The third kappa shape index (κ3) is 3.82. The van der Waals surface area contributed by atoms with Crippen LogP contribution in [0.25, 0.3) is 0 Å². The molecule has 0 bridgehead atoms. The average molecular weight is 249 g/mol. The van der Waals surface area contributed by atoms with Crippen molar-refractivity contribution in [2.75, 3.05) is 20.6 Å². The molecule has 1 aromatic carbocycles. The summed E-state index contributed by atoms with van der Waals surface area (Å²) in [5.74, 6) is -0.472. The zero-order valence-corrected chi connectivity index (χ0v) is 10.5. The molecule has 0 radical (unpaired) electrons. The van der Waals surface area contributed by atoms with Crippen LogP contribution in [0.15, 0.2) is 18.2 Å². The Labute approximate surface area is 106 Å². The topological polar surface area (TPSA) is 56.1 Å². The van der Waals surface area contributed by atoms with Gasteiger partial charge in [0.25, 0.3) is 0 Å². The number of rotatable bonds is 5. The summed E-state index contributed by atoms with van der Waals surface area (Å²) in [6, 6.07) is 6.50. The Kier molecular flexibility index (Phi) is 5.28. The zero-order chi connectivity index (χ0) is 13.5. The fourth-order valence-electron chi connectivity index (χ4n) is 1.44. The molecule has 0 fully saturated rings. The van der Waals surface area contributed by atoms with E-state index in [9.17, 15) is 9.18 Å². The van der Waals surface area contributed by atoms with Crippen molar-refractivity contribution in [3.8, 4) is 6.07 Å². The lowest BCUT2D eigenvalue weighted by Crippen LogP contribution is -2.26. The molecule has 96 valence electrons. The number of amides is 1. The fourth-order valence-corrected chi connectivity index (χ4v) is 1.44. The molecule has 0 aliphatic heterocycles. The van der Waals surface area contributed by atoms with Gasteiger partial charge in [0, 0.05) is 39.2 Å². The van der Waals surface area contributed by atoms with Crippen molar-refractivity contribution in [1.29, 1.82) is 5.26 Å². The lowest BCUT2D eigenvalue weighted by Gasteiger charge is -2.10. The van der Waals surface area contributed by atoms with Gasteiger partial charge in [0.2, 0.25) is 5.91 Å². The lowest BCUT2D eigenvalue weighted by atomic mass is 10.1. The number of hydrogen-bond donors (Lipinski definition) is 1. The molecule has 18 heavy (non-hydrogen) atoms. The molecule has 0 unspecified atom stereocenters. The Bertz CT molecular complexity index is 466. The van der Waals surface area contributed by atoms with Gasteiger partial charge in [-0.2, -0.15) is 5.26 Å². The first-order valence-electron chi connectivity index (χ1n) is 5.64. The van der Waals surface area contributed by atoms with Crippen molar-refractivity contribution in [3.05, 3.63) is 35.1 Å². The molecule has 0 spiro atoms. The Morgan fingerprint density at radius 1 is 1.50 bits per heavy atom. The summed E-state index contributed by atoms with van der Waals surface area (Å²) in [7, 11) is 3.39. The highest BCUT2D eigenvalue weighted by Crippen LogP contribution is 2.11. The van der Waals surface area contributed by atoms with Gasteiger partial charge in [0.15, 0.2) is 0 Å². The molecule has 1 rings (SSSR count). The number of nitriles is 1. The highest BCUT2D eigenvalue weighted by Gasteiger charge is 2.07. The summed E-state index contributed by atoms with van der Waals surface area (Å²) in [5.41, 5.74) is 0.477. The third-order valence-electron chi connectivity index (χ3n) is 2.53. The molecule has 0 aromatic heterocycles. The van der Waals surface area contributed by atoms with Gasteiger partial charge in [0.05, 0.1) is 5.56 Å². The monoisotopic (exact) mass is 249 g/mol. The second-order valence-electron chi connectivity index (χ2n) is 4.11. The molecule has 1 N–H and O–H groups in total. The molecular formula is C13H16FN3O. The van der Waals surface area contributed by atoms with Crippen molar-refractivity contribution in [1.82, 2.24) is 10.2 Å². The Morgan fingerprint density at radius 2 is 2.22 bits per heavy atom. The molecule has 0 heterocycles. The first-order valence-corrected chi connectivity index (χ1v) is 5.64. The van der Waals surface area contributed by atoms with Crippen LogP contribution in [0.1, 0.15) is 17.5 Å². The molecule has 0 saturated heterocycles. The Balaban J connectivity index is 2.46. The largest absolute Gasteiger partial charge is 0.349 e. The maximum absolute atomic E-state index is 13.6. The number of carbonyl (C=O) groups excluding carboxylic acids is 1. The van der Waals surface area contributed by atoms with Gasteiger partial charge in [0.1, 0.15) is 11.9 Å². The molecule has 5 heteroatoms. The molecule has 4 nitrogen and oxygen atoms in total. The maximum atomic E-state index is 13.6. The molecule has 0 aliphatic carbocycles. The van der Waals surface area contributed by atoms with Crippen molar-refractivity contribution < 1.29 is 9.18 Å². The van der Waals surface area contributed by atoms with E-state index in [0.717, 1.165) is 0 Å². The van der Waals surface area contributed by atoms with Crippen molar-refractivity contribution in [2.24, 2.45) is 0 Å². The van der Waals surface area contributed by atoms with Crippen LogP contribution < -0.4 is 5.32 Å². The van der Waals surface area contributed by atoms with Gasteiger partial charge in [-0.3, -0.25) is 4.79 Å². The summed E-state index contributed by atoms with van der Waals surface area (Å²) < 4.78 is 13.6. The molecule has 0 aliphatic rings. The number of carbonyl (C=O) groups is 1. The van der Waals surface area contributed by atoms with Gasteiger partial charge >= 0.3 is 0 Å². The minimum Gasteiger partial charge on any atom is -0.349 e. The fraction of sp³-hybridized carbons (Fsp3) is 0.385. The number of nitrogens with one attached hydrogen (secondary N) is 1. The summed E-state index contributed by atoms with van der Waals surface area (Å²) in [4.78, 5) is 12.8. The van der Waals surface area contributed by atoms with E-state index in [2.05, 4.69) is 5.32 Å². The highest BCUT2D eigenvalue weighted by molar-refractivity contribution is 5.75. The summed E-state index contributed by atoms with van der Waals surface area (Å²) >= 11 is 0. The van der Waals surface area contributed by atoms with E-state index in [1.165, 1.54) is 11.0 Å². The normalized spacial score (nSPS) is 9.89. The third-order valence-corrected chi connectivity index (χ3v) is 2.53. The SMILES string of the molecule is CN(C)C(=O)CCNCc1cccc(C#N)c1F.